The maximum absolute atomic E-state index is 12.6. The van der Waals surface area contributed by atoms with E-state index in [4.69, 9.17) is 19.2 Å². The predicted octanol–water partition coefficient (Wildman–Crippen LogP) is 7.08. The first kappa shape index (κ1) is 30.4. The molecule has 9 heteroatoms. The lowest BCUT2D eigenvalue weighted by Crippen LogP contribution is -2.40. The van der Waals surface area contributed by atoms with Crippen molar-refractivity contribution in [1.82, 2.24) is 9.88 Å². The molecule has 2 aromatic carbocycles. The Labute approximate surface area is 264 Å². The number of nitrogens with zero attached hydrogens (tertiary/aromatic N) is 3. The number of hydrogen-bond acceptors (Lipinski definition) is 8. The van der Waals surface area contributed by atoms with Crippen LogP contribution in [0.3, 0.4) is 0 Å². The average molecular weight is 618 g/mol. The Hall–Kier alpha value is -3.59. The average Bonchev–Trinajstić information content (AvgIpc) is 3.53. The highest BCUT2D eigenvalue weighted by atomic mass is 32.1. The Kier molecular flexibility index (Phi) is 8.11. The van der Waals surface area contributed by atoms with E-state index in [-0.39, 0.29) is 17.5 Å². The minimum Gasteiger partial charge on any atom is -0.488 e. The number of amides is 1. The standard InChI is InChI=1S/C35H43N3O5S/c1-7-41-31(39)35-13-15-37(19-26(35)17-35)32-36-29(21-44-32)28-16-22(2)8-11-30(28)42-20-25-10-9-24-18-38(14-12-27(24)23(25)3)33(40)43-34(4,5)6/h8-11,16,21,26H,7,12-15,17-20H2,1-6H3/t26?,35-/m1/s1. The van der Waals surface area contributed by atoms with E-state index < -0.39 is 5.60 Å². The molecule has 8 nitrogen and oxygen atoms in total. The van der Waals surface area contributed by atoms with Crippen LogP contribution < -0.4 is 9.64 Å². The van der Waals surface area contributed by atoms with Crippen molar-refractivity contribution in [2.45, 2.75) is 79.6 Å². The number of aryl methyl sites for hydroxylation is 1. The van der Waals surface area contributed by atoms with Crippen LogP contribution in [-0.4, -0.2) is 53.8 Å². The van der Waals surface area contributed by atoms with E-state index in [1.54, 1.807) is 16.2 Å². The van der Waals surface area contributed by atoms with E-state index in [1.165, 1.54) is 11.1 Å². The molecule has 6 rings (SSSR count). The van der Waals surface area contributed by atoms with Gasteiger partial charge in [-0.15, -0.1) is 11.3 Å². The fourth-order valence-corrected chi connectivity index (χ4v) is 7.47. The maximum atomic E-state index is 12.6. The normalized spacial score (nSPS) is 20.9. The van der Waals surface area contributed by atoms with Crippen molar-refractivity contribution in [3.05, 3.63) is 63.5 Å². The molecular weight excluding hydrogens is 574 g/mol. The third-order valence-corrected chi connectivity index (χ3v) is 10.1. The van der Waals surface area contributed by atoms with Crippen LogP contribution in [0, 0.1) is 25.2 Å². The van der Waals surface area contributed by atoms with Crippen molar-refractivity contribution in [2.75, 3.05) is 31.1 Å². The Bertz CT molecular complexity index is 1580. The summed E-state index contributed by atoms with van der Waals surface area (Å²) < 4.78 is 17.4. The summed E-state index contributed by atoms with van der Waals surface area (Å²) in [5.41, 5.74) is 7.09. The first-order chi connectivity index (χ1) is 21.0. The number of rotatable bonds is 7. The van der Waals surface area contributed by atoms with Crippen molar-refractivity contribution in [3.8, 4) is 17.0 Å². The number of esters is 1. The van der Waals surface area contributed by atoms with Crippen molar-refractivity contribution in [2.24, 2.45) is 11.3 Å². The molecule has 44 heavy (non-hydrogen) atoms. The number of thiazole rings is 1. The van der Waals surface area contributed by atoms with Gasteiger partial charge in [-0.05, 0) is 101 Å². The fourth-order valence-electron chi connectivity index (χ4n) is 6.60. The number of benzene rings is 2. The molecule has 1 amide bonds. The summed E-state index contributed by atoms with van der Waals surface area (Å²) in [5.74, 6) is 1.13. The first-order valence-electron chi connectivity index (χ1n) is 15.7. The minimum absolute atomic E-state index is 0.0250. The second-order valence-electron chi connectivity index (χ2n) is 13.4. The van der Waals surface area contributed by atoms with Crippen molar-refractivity contribution in [3.63, 3.8) is 0 Å². The van der Waals surface area contributed by atoms with Gasteiger partial charge in [0.1, 0.15) is 18.0 Å². The molecule has 2 fully saturated rings. The van der Waals surface area contributed by atoms with Crippen LogP contribution in [0.15, 0.2) is 35.7 Å². The van der Waals surface area contributed by atoms with E-state index in [2.05, 4.69) is 48.4 Å². The fraction of sp³-hybridized carbons (Fsp3) is 0.514. The number of ether oxygens (including phenoxy) is 3. The zero-order valence-electron chi connectivity index (χ0n) is 26.7. The van der Waals surface area contributed by atoms with E-state index in [9.17, 15) is 9.59 Å². The summed E-state index contributed by atoms with van der Waals surface area (Å²) in [5, 5.41) is 3.10. The molecule has 1 saturated heterocycles. The second-order valence-corrected chi connectivity index (χ2v) is 14.3. The molecule has 3 aromatic rings. The summed E-state index contributed by atoms with van der Waals surface area (Å²) >= 11 is 1.65. The van der Waals surface area contributed by atoms with Crippen LogP contribution in [0.5, 0.6) is 5.75 Å². The number of anilines is 1. The summed E-state index contributed by atoms with van der Waals surface area (Å²) in [7, 11) is 0. The van der Waals surface area contributed by atoms with E-state index in [0.29, 0.717) is 32.2 Å². The highest BCUT2D eigenvalue weighted by molar-refractivity contribution is 7.14. The van der Waals surface area contributed by atoms with Crippen LogP contribution in [-0.2, 0) is 33.8 Å². The molecule has 0 N–H and O–H groups in total. The molecule has 2 atom stereocenters. The van der Waals surface area contributed by atoms with Crippen LogP contribution in [0.25, 0.3) is 11.3 Å². The molecule has 0 radical (unpaired) electrons. The van der Waals surface area contributed by atoms with Gasteiger partial charge in [0, 0.05) is 37.1 Å². The monoisotopic (exact) mass is 617 g/mol. The van der Waals surface area contributed by atoms with E-state index in [0.717, 1.165) is 71.2 Å². The highest BCUT2D eigenvalue weighted by Gasteiger charge is 2.63. The third-order valence-electron chi connectivity index (χ3n) is 9.19. The molecule has 3 aliphatic rings. The van der Waals surface area contributed by atoms with Crippen LogP contribution in [0.1, 0.15) is 68.4 Å². The topological polar surface area (TPSA) is 81.2 Å². The molecule has 1 unspecified atom stereocenters. The Morgan fingerprint density at radius 3 is 2.70 bits per heavy atom. The van der Waals surface area contributed by atoms with Gasteiger partial charge in [-0.1, -0.05) is 23.8 Å². The van der Waals surface area contributed by atoms with Gasteiger partial charge in [-0.25, -0.2) is 9.78 Å². The van der Waals surface area contributed by atoms with Gasteiger partial charge in [0.15, 0.2) is 5.13 Å². The molecule has 1 saturated carbocycles. The van der Waals surface area contributed by atoms with Gasteiger partial charge in [0.2, 0.25) is 0 Å². The molecule has 1 aromatic heterocycles. The lowest BCUT2D eigenvalue weighted by molar-refractivity contribution is -0.150. The summed E-state index contributed by atoms with van der Waals surface area (Å²) in [6, 6.07) is 10.5. The largest absolute Gasteiger partial charge is 0.488 e. The number of carbonyl (C=O) groups excluding carboxylic acids is 2. The van der Waals surface area contributed by atoms with Gasteiger partial charge in [0.25, 0.3) is 0 Å². The van der Waals surface area contributed by atoms with Gasteiger partial charge in [0.05, 0.1) is 17.7 Å². The van der Waals surface area contributed by atoms with Gasteiger partial charge in [-0.2, -0.15) is 0 Å². The quantitative estimate of drug-likeness (QED) is 0.262. The van der Waals surface area contributed by atoms with Crippen LogP contribution >= 0.6 is 11.3 Å². The lowest BCUT2D eigenvalue weighted by Gasteiger charge is -2.32. The first-order valence-corrected chi connectivity index (χ1v) is 16.5. The van der Waals surface area contributed by atoms with Crippen molar-refractivity contribution < 1.29 is 23.8 Å². The zero-order valence-corrected chi connectivity index (χ0v) is 27.5. The number of aromatic nitrogens is 1. The Morgan fingerprint density at radius 2 is 1.95 bits per heavy atom. The number of piperidine rings is 1. The molecule has 234 valence electrons. The van der Waals surface area contributed by atoms with Gasteiger partial charge >= 0.3 is 12.1 Å². The molecule has 0 spiro atoms. The van der Waals surface area contributed by atoms with Crippen LogP contribution in [0.4, 0.5) is 9.93 Å². The molecular formula is C35H43N3O5S. The summed E-state index contributed by atoms with van der Waals surface area (Å²) in [6.07, 6.45) is 2.27. The van der Waals surface area contributed by atoms with E-state index >= 15 is 0 Å². The molecule has 0 bridgehead atoms. The number of fused-ring (bicyclic) bond motifs is 2. The third kappa shape index (κ3) is 6.03. The summed E-state index contributed by atoms with van der Waals surface area (Å²) in [6.45, 7) is 15.5. The predicted molar refractivity (Wildman–Crippen MR) is 172 cm³/mol. The van der Waals surface area contributed by atoms with Crippen LogP contribution in [0.2, 0.25) is 0 Å². The smallest absolute Gasteiger partial charge is 0.410 e. The molecule has 3 heterocycles. The SMILES string of the molecule is CCOC(=O)[C@@]12CCN(c3nc(-c4cc(C)ccc4OCc4ccc5c(c4C)CCN(C(=O)OC(C)(C)C)C5)cs3)CC1C2. The number of hydrogen-bond donors (Lipinski definition) is 0. The second kappa shape index (κ2) is 11.7. The minimum atomic E-state index is -0.508. The Morgan fingerprint density at radius 1 is 1.14 bits per heavy atom. The lowest BCUT2D eigenvalue weighted by atomic mass is 9.92. The Balaban J connectivity index is 1.13. The van der Waals surface area contributed by atoms with Gasteiger partial charge in [-0.3, -0.25) is 4.79 Å². The van der Waals surface area contributed by atoms with Gasteiger partial charge < -0.3 is 24.0 Å². The zero-order chi connectivity index (χ0) is 31.2. The molecule has 1 aliphatic carbocycles. The highest BCUT2D eigenvalue weighted by Crippen LogP contribution is 2.59. The number of carbonyl (C=O) groups is 2. The van der Waals surface area contributed by atoms with Crippen molar-refractivity contribution in [1.29, 1.82) is 0 Å². The molecule has 2 aliphatic heterocycles. The maximum Gasteiger partial charge on any atom is 0.410 e. The summed E-state index contributed by atoms with van der Waals surface area (Å²) in [4.78, 5) is 34.3. The van der Waals surface area contributed by atoms with Crippen molar-refractivity contribution >= 4 is 28.5 Å². The van der Waals surface area contributed by atoms with E-state index in [1.807, 2.05) is 33.8 Å².